The number of nitrogens with one attached hydrogen (secondary N) is 1. The summed E-state index contributed by atoms with van der Waals surface area (Å²) in [6.45, 7) is 8.50. The molecule has 5 nitrogen and oxygen atoms in total. The minimum atomic E-state index is -0.987. The number of benzene rings is 1. The third-order valence-corrected chi connectivity index (χ3v) is 4.35. The van der Waals surface area contributed by atoms with E-state index in [1.807, 2.05) is 32.0 Å². The van der Waals surface area contributed by atoms with E-state index in [9.17, 15) is 9.90 Å². The highest BCUT2D eigenvalue weighted by Crippen LogP contribution is 2.41. The standard InChI is InChI=1S/C20H22N2O3/c1-5-25-15-10-21-9-12(4)16(15)17-14-8-6-7-13(11(2)3)18(14)22-19(17)20(23)24/h6-11,22H,5H2,1-4H3,(H,23,24). The number of aromatic amines is 1. The number of ether oxygens (including phenoxy) is 1. The average molecular weight is 338 g/mol. The van der Waals surface area contributed by atoms with Crippen molar-refractivity contribution >= 4 is 16.9 Å². The lowest BCUT2D eigenvalue weighted by Crippen LogP contribution is -2.02. The molecule has 0 amide bonds. The molecular weight excluding hydrogens is 316 g/mol. The van der Waals surface area contributed by atoms with Crippen molar-refractivity contribution in [2.45, 2.75) is 33.6 Å². The predicted octanol–water partition coefficient (Wildman–Crippen LogP) is 4.76. The molecule has 0 aliphatic heterocycles. The second kappa shape index (κ2) is 6.59. The zero-order valence-electron chi connectivity index (χ0n) is 14.9. The smallest absolute Gasteiger partial charge is 0.352 e. The Balaban J connectivity index is 2.43. The molecule has 0 saturated carbocycles. The summed E-state index contributed by atoms with van der Waals surface area (Å²) in [6.07, 6.45) is 3.37. The van der Waals surface area contributed by atoms with Gasteiger partial charge in [-0.1, -0.05) is 32.0 Å². The van der Waals surface area contributed by atoms with Gasteiger partial charge in [0.1, 0.15) is 11.4 Å². The van der Waals surface area contributed by atoms with Crippen molar-refractivity contribution in [2.75, 3.05) is 6.61 Å². The summed E-state index contributed by atoms with van der Waals surface area (Å²) in [5.41, 5.74) is 4.46. The fraction of sp³-hybridized carbons (Fsp3) is 0.300. The largest absolute Gasteiger partial charge is 0.492 e. The fourth-order valence-corrected chi connectivity index (χ4v) is 3.27. The zero-order chi connectivity index (χ0) is 18.1. The Morgan fingerprint density at radius 2 is 2.04 bits per heavy atom. The van der Waals surface area contributed by atoms with Crippen molar-refractivity contribution in [2.24, 2.45) is 0 Å². The normalized spacial score (nSPS) is 11.2. The first-order valence-corrected chi connectivity index (χ1v) is 8.41. The van der Waals surface area contributed by atoms with Crippen molar-refractivity contribution in [3.05, 3.63) is 47.4 Å². The van der Waals surface area contributed by atoms with Crippen LogP contribution in [0.5, 0.6) is 5.75 Å². The third-order valence-electron chi connectivity index (χ3n) is 4.35. The molecule has 130 valence electrons. The number of hydrogen-bond acceptors (Lipinski definition) is 3. The van der Waals surface area contributed by atoms with Gasteiger partial charge in [-0.05, 0) is 30.9 Å². The number of carbonyl (C=O) groups is 1. The predicted molar refractivity (Wildman–Crippen MR) is 98.5 cm³/mol. The third kappa shape index (κ3) is 2.86. The Kier molecular flexibility index (Phi) is 4.49. The highest BCUT2D eigenvalue weighted by Gasteiger charge is 2.24. The van der Waals surface area contributed by atoms with Crippen LogP contribution in [0.1, 0.15) is 48.3 Å². The summed E-state index contributed by atoms with van der Waals surface area (Å²) < 4.78 is 5.73. The van der Waals surface area contributed by atoms with Crippen LogP contribution in [0.2, 0.25) is 0 Å². The first kappa shape index (κ1) is 17.0. The van der Waals surface area contributed by atoms with Gasteiger partial charge in [-0.15, -0.1) is 0 Å². The molecule has 0 radical (unpaired) electrons. The second-order valence-corrected chi connectivity index (χ2v) is 6.37. The number of carboxylic acids is 1. The topological polar surface area (TPSA) is 75.2 Å². The first-order chi connectivity index (χ1) is 12.0. The van der Waals surface area contributed by atoms with E-state index in [-0.39, 0.29) is 11.6 Å². The van der Waals surface area contributed by atoms with Crippen LogP contribution in [0.3, 0.4) is 0 Å². The van der Waals surface area contributed by atoms with Crippen molar-refractivity contribution in [1.29, 1.82) is 0 Å². The Morgan fingerprint density at radius 1 is 1.28 bits per heavy atom. The van der Waals surface area contributed by atoms with Gasteiger partial charge in [0.2, 0.25) is 0 Å². The lowest BCUT2D eigenvalue weighted by molar-refractivity contribution is 0.0692. The molecule has 5 heteroatoms. The molecule has 2 N–H and O–H groups in total. The summed E-state index contributed by atoms with van der Waals surface area (Å²) in [6, 6.07) is 5.95. The molecule has 1 aromatic carbocycles. The van der Waals surface area contributed by atoms with Crippen LogP contribution < -0.4 is 4.74 Å². The Hall–Kier alpha value is -2.82. The Bertz CT molecular complexity index is 942. The van der Waals surface area contributed by atoms with Crippen molar-refractivity contribution in [3.63, 3.8) is 0 Å². The molecule has 0 unspecified atom stereocenters. The van der Waals surface area contributed by atoms with Crippen LogP contribution in [0.4, 0.5) is 0 Å². The number of carboxylic acid groups (broad SMARTS) is 1. The van der Waals surface area contributed by atoms with Gasteiger partial charge in [-0.3, -0.25) is 4.98 Å². The molecule has 0 aliphatic carbocycles. The Labute approximate surface area is 146 Å². The van der Waals surface area contributed by atoms with Gasteiger partial charge in [0.25, 0.3) is 0 Å². The van der Waals surface area contributed by atoms with Crippen molar-refractivity contribution in [3.8, 4) is 16.9 Å². The Morgan fingerprint density at radius 3 is 2.68 bits per heavy atom. The molecule has 0 spiro atoms. The lowest BCUT2D eigenvalue weighted by atomic mass is 9.95. The number of aryl methyl sites for hydroxylation is 1. The second-order valence-electron chi connectivity index (χ2n) is 6.37. The number of aromatic carboxylic acids is 1. The van der Waals surface area contributed by atoms with Gasteiger partial charge in [-0.25, -0.2) is 4.79 Å². The highest BCUT2D eigenvalue weighted by molar-refractivity contribution is 6.09. The number of H-pyrrole nitrogens is 1. The number of aromatic nitrogens is 2. The molecule has 0 bridgehead atoms. The van der Waals surface area contributed by atoms with Crippen LogP contribution >= 0.6 is 0 Å². The molecular formula is C20H22N2O3. The maximum atomic E-state index is 11.9. The van der Waals surface area contributed by atoms with E-state index >= 15 is 0 Å². The van der Waals surface area contributed by atoms with Crippen LogP contribution in [0.25, 0.3) is 22.0 Å². The minimum absolute atomic E-state index is 0.179. The molecule has 2 heterocycles. The summed E-state index contributed by atoms with van der Waals surface area (Å²) in [5.74, 6) is -0.109. The van der Waals surface area contributed by atoms with E-state index in [4.69, 9.17) is 4.74 Å². The van der Waals surface area contributed by atoms with E-state index < -0.39 is 5.97 Å². The summed E-state index contributed by atoms with van der Waals surface area (Å²) >= 11 is 0. The number of fused-ring (bicyclic) bond motifs is 1. The van der Waals surface area contributed by atoms with Gasteiger partial charge < -0.3 is 14.8 Å². The number of hydrogen-bond donors (Lipinski definition) is 2. The van der Waals surface area contributed by atoms with Gasteiger partial charge in [0.15, 0.2) is 0 Å². The molecule has 0 atom stereocenters. The summed E-state index contributed by atoms with van der Waals surface area (Å²) in [7, 11) is 0. The maximum absolute atomic E-state index is 11.9. The monoisotopic (exact) mass is 338 g/mol. The fourth-order valence-electron chi connectivity index (χ4n) is 3.27. The van der Waals surface area contributed by atoms with E-state index in [0.29, 0.717) is 17.9 Å². The van der Waals surface area contributed by atoms with Gasteiger partial charge in [-0.2, -0.15) is 0 Å². The van der Waals surface area contributed by atoms with Gasteiger partial charge >= 0.3 is 5.97 Å². The summed E-state index contributed by atoms with van der Waals surface area (Å²) in [5, 5.41) is 10.7. The van der Waals surface area contributed by atoms with E-state index in [1.165, 1.54) is 0 Å². The first-order valence-electron chi connectivity index (χ1n) is 8.41. The van der Waals surface area contributed by atoms with E-state index in [2.05, 4.69) is 23.8 Å². The van der Waals surface area contributed by atoms with Crippen LogP contribution in [0.15, 0.2) is 30.6 Å². The number of pyridine rings is 1. The molecule has 3 aromatic rings. The lowest BCUT2D eigenvalue weighted by Gasteiger charge is -2.13. The van der Waals surface area contributed by atoms with Crippen LogP contribution in [-0.4, -0.2) is 27.7 Å². The molecule has 2 aromatic heterocycles. The van der Waals surface area contributed by atoms with Gasteiger partial charge in [0, 0.05) is 22.7 Å². The summed E-state index contributed by atoms with van der Waals surface area (Å²) in [4.78, 5) is 19.3. The van der Waals surface area contributed by atoms with Crippen LogP contribution in [-0.2, 0) is 0 Å². The molecule has 0 saturated heterocycles. The minimum Gasteiger partial charge on any atom is -0.492 e. The van der Waals surface area contributed by atoms with Crippen molar-refractivity contribution in [1.82, 2.24) is 9.97 Å². The highest BCUT2D eigenvalue weighted by atomic mass is 16.5. The van der Waals surface area contributed by atoms with Crippen LogP contribution in [0, 0.1) is 6.92 Å². The number of rotatable bonds is 5. The molecule has 25 heavy (non-hydrogen) atoms. The number of para-hydroxylation sites is 1. The van der Waals surface area contributed by atoms with E-state index in [1.54, 1.807) is 12.4 Å². The number of nitrogens with zero attached hydrogens (tertiary/aromatic N) is 1. The molecule has 3 rings (SSSR count). The molecule has 0 aliphatic rings. The maximum Gasteiger partial charge on any atom is 0.352 e. The SMILES string of the molecule is CCOc1cncc(C)c1-c1c(C(=O)O)[nH]c2c(C(C)C)cccc12. The van der Waals surface area contributed by atoms with E-state index in [0.717, 1.165) is 27.6 Å². The quantitative estimate of drug-likeness (QED) is 0.703. The molecule has 0 fully saturated rings. The van der Waals surface area contributed by atoms with Gasteiger partial charge in [0.05, 0.1) is 18.3 Å². The zero-order valence-corrected chi connectivity index (χ0v) is 14.9. The van der Waals surface area contributed by atoms with Crippen molar-refractivity contribution < 1.29 is 14.6 Å². The average Bonchev–Trinajstić information content (AvgIpc) is 2.94.